The molecule has 0 radical (unpaired) electrons. The summed E-state index contributed by atoms with van der Waals surface area (Å²) in [5, 5.41) is 20.3. The van der Waals surface area contributed by atoms with E-state index in [9.17, 15) is 19.8 Å². The summed E-state index contributed by atoms with van der Waals surface area (Å²) in [6, 6.07) is 10.5. The van der Waals surface area contributed by atoms with Gasteiger partial charge in [0, 0.05) is 11.6 Å². The predicted octanol–water partition coefficient (Wildman–Crippen LogP) is 3.49. The average molecular weight is 338 g/mol. The smallest absolute Gasteiger partial charge is 0.174 e. The molecule has 1 aliphatic rings. The molecule has 0 fully saturated rings. The lowest BCUT2D eigenvalue weighted by Crippen LogP contribution is -2.21. The Morgan fingerprint density at radius 1 is 1.24 bits per heavy atom. The number of hydrogen-bond donors (Lipinski definition) is 2. The first-order valence-electron chi connectivity index (χ1n) is 7.95. The highest BCUT2D eigenvalue weighted by Crippen LogP contribution is 2.45. The SMILES string of the molecule is CC(C=O)=CCc1c(O)cc(O)c2c1OC(c1ccccc1)CC2=O. The van der Waals surface area contributed by atoms with E-state index in [1.807, 2.05) is 30.3 Å². The summed E-state index contributed by atoms with van der Waals surface area (Å²) >= 11 is 0. The summed E-state index contributed by atoms with van der Waals surface area (Å²) in [6.45, 7) is 1.65. The van der Waals surface area contributed by atoms with Gasteiger partial charge in [-0.2, -0.15) is 0 Å². The quantitative estimate of drug-likeness (QED) is 0.658. The van der Waals surface area contributed by atoms with Crippen molar-refractivity contribution in [2.45, 2.75) is 25.9 Å². The van der Waals surface area contributed by atoms with Gasteiger partial charge >= 0.3 is 0 Å². The molecule has 5 heteroatoms. The number of rotatable bonds is 4. The number of carbonyl (C=O) groups excluding carboxylic acids is 2. The molecular weight excluding hydrogens is 320 g/mol. The fourth-order valence-corrected chi connectivity index (χ4v) is 2.89. The maximum absolute atomic E-state index is 12.6. The van der Waals surface area contributed by atoms with E-state index in [1.54, 1.807) is 13.0 Å². The van der Waals surface area contributed by atoms with Crippen molar-refractivity contribution in [3.63, 3.8) is 0 Å². The molecular formula is C20H18O5. The van der Waals surface area contributed by atoms with Crippen molar-refractivity contribution >= 4 is 12.1 Å². The van der Waals surface area contributed by atoms with Gasteiger partial charge in [-0.3, -0.25) is 9.59 Å². The van der Waals surface area contributed by atoms with Crippen molar-refractivity contribution in [2.75, 3.05) is 0 Å². The number of carbonyl (C=O) groups is 2. The average Bonchev–Trinajstić information content (AvgIpc) is 2.61. The molecule has 2 N–H and O–H groups in total. The van der Waals surface area contributed by atoms with Crippen LogP contribution in [0, 0.1) is 0 Å². The van der Waals surface area contributed by atoms with Crippen LogP contribution >= 0.6 is 0 Å². The molecule has 2 aromatic rings. The highest BCUT2D eigenvalue weighted by atomic mass is 16.5. The Labute approximate surface area is 145 Å². The monoisotopic (exact) mass is 338 g/mol. The summed E-state index contributed by atoms with van der Waals surface area (Å²) in [6.07, 6.45) is 2.19. The highest BCUT2D eigenvalue weighted by Gasteiger charge is 2.33. The summed E-state index contributed by atoms with van der Waals surface area (Å²) in [5.41, 5.74) is 1.80. The number of phenolic OH excluding ortho intramolecular Hbond substituents is 2. The summed E-state index contributed by atoms with van der Waals surface area (Å²) in [7, 11) is 0. The lowest BCUT2D eigenvalue weighted by Gasteiger charge is -2.28. The maximum atomic E-state index is 12.6. The molecule has 3 rings (SSSR count). The molecule has 1 atom stereocenters. The van der Waals surface area contributed by atoms with E-state index in [0.29, 0.717) is 17.4 Å². The van der Waals surface area contributed by atoms with Crippen LogP contribution in [0.4, 0.5) is 0 Å². The Balaban J connectivity index is 2.07. The third kappa shape index (κ3) is 3.26. The van der Waals surface area contributed by atoms with Gasteiger partial charge in [0.25, 0.3) is 0 Å². The molecule has 25 heavy (non-hydrogen) atoms. The van der Waals surface area contributed by atoms with Crippen LogP contribution in [0.15, 0.2) is 48.0 Å². The molecule has 0 bridgehead atoms. The zero-order valence-electron chi connectivity index (χ0n) is 13.7. The van der Waals surface area contributed by atoms with Crippen molar-refractivity contribution in [3.8, 4) is 17.2 Å². The number of benzene rings is 2. The number of phenols is 2. The normalized spacial score (nSPS) is 16.9. The number of fused-ring (bicyclic) bond motifs is 1. The molecule has 1 aliphatic heterocycles. The van der Waals surface area contributed by atoms with E-state index >= 15 is 0 Å². The first kappa shape index (κ1) is 16.8. The minimum absolute atomic E-state index is 0.0807. The van der Waals surface area contributed by atoms with Crippen molar-refractivity contribution < 1.29 is 24.5 Å². The van der Waals surface area contributed by atoms with Gasteiger partial charge < -0.3 is 14.9 Å². The van der Waals surface area contributed by atoms with E-state index in [0.717, 1.165) is 11.6 Å². The van der Waals surface area contributed by atoms with E-state index in [1.165, 1.54) is 0 Å². The van der Waals surface area contributed by atoms with Gasteiger partial charge in [-0.15, -0.1) is 0 Å². The maximum Gasteiger partial charge on any atom is 0.174 e. The second-order valence-corrected chi connectivity index (χ2v) is 6.01. The van der Waals surface area contributed by atoms with Crippen LogP contribution in [0.1, 0.15) is 40.9 Å². The standard InChI is InChI=1S/C20H18O5/c1-12(11-21)7-8-14-15(22)9-16(23)19-17(24)10-18(25-20(14)19)13-5-3-2-4-6-13/h2-7,9,11,18,22-23H,8,10H2,1H3. The van der Waals surface area contributed by atoms with Gasteiger partial charge in [0.2, 0.25) is 0 Å². The second-order valence-electron chi connectivity index (χ2n) is 6.01. The van der Waals surface area contributed by atoms with Crippen LogP contribution in [0.3, 0.4) is 0 Å². The van der Waals surface area contributed by atoms with Crippen molar-refractivity contribution in [2.24, 2.45) is 0 Å². The summed E-state index contributed by atoms with van der Waals surface area (Å²) < 4.78 is 5.99. The Kier molecular flexibility index (Phi) is 4.57. The van der Waals surface area contributed by atoms with Crippen LogP contribution in [-0.4, -0.2) is 22.3 Å². The molecule has 0 saturated heterocycles. The Morgan fingerprint density at radius 2 is 1.96 bits per heavy atom. The molecule has 5 nitrogen and oxygen atoms in total. The summed E-state index contributed by atoms with van der Waals surface area (Å²) in [4.78, 5) is 23.3. The molecule has 128 valence electrons. The van der Waals surface area contributed by atoms with E-state index in [2.05, 4.69) is 0 Å². The molecule has 0 amide bonds. The molecule has 1 unspecified atom stereocenters. The molecule has 1 heterocycles. The number of hydrogen-bond acceptors (Lipinski definition) is 5. The summed E-state index contributed by atoms with van der Waals surface area (Å²) in [5.74, 6) is -0.543. The molecule has 0 spiro atoms. The number of aromatic hydroxyl groups is 2. The number of allylic oxidation sites excluding steroid dienone is 2. The van der Waals surface area contributed by atoms with Crippen LogP contribution < -0.4 is 4.74 Å². The van der Waals surface area contributed by atoms with Gasteiger partial charge in [0.15, 0.2) is 5.78 Å². The van der Waals surface area contributed by atoms with Crippen LogP contribution in [0.5, 0.6) is 17.2 Å². The fourth-order valence-electron chi connectivity index (χ4n) is 2.89. The first-order valence-corrected chi connectivity index (χ1v) is 7.95. The Morgan fingerprint density at radius 3 is 2.64 bits per heavy atom. The number of aldehydes is 1. The van der Waals surface area contributed by atoms with Crippen molar-refractivity contribution in [3.05, 3.63) is 64.7 Å². The largest absolute Gasteiger partial charge is 0.507 e. The van der Waals surface area contributed by atoms with E-state index in [4.69, 9.17) is 4.74 Å². The van der Waals surface area contributed by atoms with Crippen LogP contribution in [0.2, 0.25) is 0 Å². The number of ketones is 1. The van der Waals surface area contributed by atoms with Gasteiger partial charge in [0.1, 0.15) is 35.2 Å². The Bertz CT molecular complexity index is 852. The van der Waals surface area contributed by atoms with Gasteiger partial charge in [-0.1, -0.05) is 36.4 Å². The third-order valence-electron chi connectivity index (χ3n) is 4.24. The Hall–Kier alpha value is -3.08. The van der Waals surface area contributed by atoms with Gasteiger partial charge in [0.05, 0.1) is 6.42 Å². The van der Waals surface area contributed by atoms with Crippen LogP contribution in [0.25, 0.3) is 0 Å². The molecule has 0 aromatic heterocycles. The lowest BCUT2D eigenvalue weighted by atomic mass is 9.92. The topological polar surface area (TPSA) is 83.8 Å². The number of ether oxygens (including phenoxy) is 1. The van der Waals surface area contributed by atoms with Gasteiger partial charge in [-0.25, -0.2) is 0 Å². The predicted molar refractivity (Wildman–Crippen MR) is 92.1 cm³/mol. The molecule has 0 saturated carbocycles. The van der Waals surface area contributed by atoms with E-state index < -0.39 is 6.10 Å². The zero-order chi connectivity index (χ0) is 18.0. The highest BCUT2D eigenvalue weighted by molar-refractivity contribution is 6.03. The zero-order valence-corrected chi connectivity index (χ0v) is 13.7. The minimum atomic E-state index is -0.489. The second kappa shape index (κ2) is 6.81. The van der Waals surface area contributed by atoms with E-state index in [-0.39, 0.29) is 41.4 Å². The third-order valence-corrected chi connectivity index (χ3v) is 4.24. The molecule has 0 aliphatic carbocycles. The number of Topliss-reactive ketones (excluding diaryl/α,β-unsaturated/α-hetero) is 1. The van der Waals surface area contributed by atoms with Gasteiger partial charge in [-0.05, 0) is 24.5 Å². The van der Waals surface area contributed by atoms with Crippen molar-refractivity contribution in [1.29, 1.82) is 0 Å². The first-order chi connectivity index (χ1) is 12.0. The van der Waals surface area contributed by atoms with Crippen molar-refractivity contribution in [1.82, 2.24) is 0 Å². The minimum Gasteiger partial charge on any atom is -0.507 e. The van der Waals surface area contributed by atoms with Crippen LogP contribution in [-0.2, 0) is 11.2 Å². The lowest BCUT2D eigenvalue weighted by molar-refractivity contribution is -0.104. The fraction of sp³-hybridized carbons (Fsp3) is 0.200. The molecule has 2 aromatic carbocycles.